The van der Waals surface area contributed by atoms with E-state index >= 15 is 0 Å². The summed E-state index contributed by atoms with van der Waals surface area (Å²) < 4.78 is 0. The van der Waals surface area contributed by atoms with E-state index in [1.807, 2.05) is 31.2 Å². The van der Waals surface area contributed by atoms with Gasteiger partial charge < -0.3 is 10.2 Å². The van der Waals surface area contributed by atoms with E-state index in [0.29, 0.717) is 17.2 Å². The molecule has 0 atom stereocenters. The van der Waals surface area contributed by atoms with Gasteiger partial charge in [-0.1, -0.05) is 113 Å². The Bertz CT molecular complexity index is 1550. The second-order valence-electron chi connectivity index (χ2n) is 14.5. The van der Waals surface area contributed by atoms with Crippen LogP contribution in [-0.4, -0.2) is 10.2 Å². The van der Waals surface area contributed by atoms with Gasteiger partial charge in [0.2, 0.25) is 0 Å². The van der Waals surface area contributed by atoms with Crippen molar-refractivity contribution in [1.82, 2.24) is 0 Å². The molecule has 49 heavy (non-hydrogen) atoms. The van der Waals surface area contributed by atoms with Crippen LogP contribution < -0.4 is 0 Å². The number of allylic oxidation sites excluding steroid dienone is 14. The third kappa shape index (κ3) is 16.2. The lowest BCUT2D eigenvalue weighted by molar-refractivity contribution is 0.461. The molecule has 0 fully saturated rings. The largest absolute Gasteiger partial charge is 0.507 e. The summed E-state index contributed by atoms with van der Waals surface area (Å²) in [6.07, 6.45) is 32.0. The van der Waals surface area contributed by atoms with Crippen LogP contribution in [0.5, 0.6) is 11.5 Å². The fourth-order valence-corrected chi connectivity index (χ4v) is 6.14. The number of hydrogen-bond acceptors (Lipinski definition) is 2. The van der Waals surface area contributed by atoms with E-state index in [1.165, 1.54) is 58.3 Å². The van der Waals surface area contributed by atoms with Crippen LogP contribution >= 0.6 is 0 Å². The maximum Gasteiger partial charge on any atom is 0.127 e. The van der Waals surface area contributed by atoms with Crippen molar-refractivity contribution in [2.75, 3.05) is 0 Å². The molecule has 0 bridgehead atoms. The summed E-state index contributed by atoms with van der Waals surface area (Å²) in [6.45, 7) is 19.9. The zero-order chi connectivity index (χ0) is 36.2. The molecule has 0 unspecified atom stereocenters. The minimum atomic E-state index is 0.267. The molecule has 0 radical (unpaired) electrons. The van der Waals surface area contributed by atoms with Crippen molar-refractivity contribution in [2.45, 2.75) is 152 Å². The Labute approximate surface area is 300 Å². The van der Waals surface area contributed by atoms with Crippen LogP contribution in [0.2, 0.25) is 0 Å². The first-order chi connectivity index (χ1) is 23.4. The quantitative estimate of drug-likeness (QED) is 0.103. The Morgan fingerprint density at radius 3 is 1.12 bits per heavy atom. The van der Waals surface area contributed by atoms with Crippen LogP contribution in [-0.2, 0) is 6.42 Å². The van der Waals surface area contributed by atoms with Crippen LogP contribution in [0.3, 0.4) is 0 Å². The number of rotatable bonds is 21. The predicted octanol–water partition coefficient (Wildman–Crippen LogP) is 14.8. The van der Waals surface area contributed by atoms with Crippen molar-refractivity contribution in [3.63, 3.8) is 0 Å². The van der Waals surface area contributed by atoms with Gasteiger partial charge in [0.25, 0.3) is 0 Å². The van der Waals surface area contributed by atoms with Crippen molar-refractivity contribution in [2.24, 2.45) is 0 Å². The molecule has 0 aliphatic heterocycles. The van der Waals surface area contributed by atoms with Crippen LogP contribution in [0.25, 0.3) is 10.8 Å². The maximum atomic E-state index is 10.9. The zero-order valence-electron chi connectivity index (χ0n) is 32.6. The number of phenolic OH excluding ortho intramolecular Hbond substituents is 2. The first kappa shape index (κ1) is 41.7. The Kier molecular flexibility index (Phi) is 19.5. The van der Waals surface area contributed by atoms with Gasteiger partial charge in [-0.25, -0.2) is 0 Å². The number of benzene rings is 2. The SMILES string of the molecule is CC/C(C)=C/CC/C(C)=C/CC/C(C)=C/CC/C(C)=C/CC/C(C)=C/CC/C(C)=C/CC/C(C)=C/Cc1c(C)c(O)c2ccccc2c1O. The molecule has 0 heterocycles. The summed E-state index contributed by atoms with van der Waals surface area (Å²) in [5.41, 5.74) is 11.9. The van der Waals surface area contributed by atoms with Gasteiger partial charge in [0, 0.05) is 16.3 Å². The highest BCUT2D eigenvalue weighted by Gasteiger charge is 2.14. The third-order valence-corrected chi connectivity index (χ3v) is 9.93. The highest BCUT2D eigenvalue weighted by molar-refractivity contribution is 5.95. The number of fused-ring (bicyclic) bond motifs is 1. The Balaban J connectivity index is 1.66. The fraction of sp³-hybridized carbons (Fsp3) is 0.489. The molecule has 0 aliphatic carbocycles. The van der Waals surface area contributed by atoms with E-state index in [1.54, 1.807) is 0 Å². The summed E-state index contributed by atoms with van der Waals surface area (Å²) in [7, 11) is 0. The summed E-state index contributed by atoms with van der Waals surface area (Å²) in [5.74, 6) is 0.549. The molecule has 2 aromatic carbocycles. The highest BCUT2D eigenvalue weighted by Crippen LogP contribution is 2.39. The minimum absolute atomic E-state index is 0.267. The van der Waals surface area contributed by atoms with Crippen molar-refractivity contribution >= 4 is 10.8 Å². The molecule has 0 aliphatic rings. The van der Waals surface area contributed by atoms with Gasteiger partial charge in [-0.15, -0.1) is 0 Å². The highest BCUT2D eigenvalue weighted by atomic mass is 16.3. The molecule has 0 amide bonds. The van der Waals surface area contributed by atoms with E-state index in [9.17, 15) is 10.2 Å². The molecule has 2 nitrogen and oxygen atoms in total. The molecule has 268 valence electrons. The van der Waals surface area contributed by atoms with E-state index in [2.05, 4.69) is 97.9 Å². The van der Waals surface area contributed by atoms with Crippen molar-refractivity contribution in [3.05, 3.63) is 117 Å². The van der Waals surface area contributed by atoms with Crippen molar-refractivity contribution in [3.8, 4) is 11.5 Å². The molecule has 0 saturated carbocycles. The first-order valence-electron chi connectivity index (χ1n) is 18.9. The summed E-state index contributed by atoms with van der Waals surface area (Å²) in [5, 5.41) is 22.9. The maximum absolute atomic E-state index is 10.9. The average molecular weight is 665 g/mol. The Morgan fingerprint density at radius 2 is 0.776 bits per heavy atom. The lowest BCUT2D eigenvalue weighted by Gasteiger charge is -2.13. The van der Waals surface area contributed by atoms with E-state index < -0.39 is 0 Å². The standard InChI is InChI=1S/C47H68O2/c1-10-35(2)19-13-20-36(3)21-14-22-37(4)23-15-24-38(5)25-16-26-39(6)27-17-28-40(7)29-18-30-41(8)33-34-43-42(9)46(48)44-31-11-12-32-45(44)47(43)49/h11-12,19,21,23,25,27,29,31-33,48-49H,10,13-18,20,22,24,26,28,30,34H2,1-9H3/b35-19+,36-21+,37-23+,38-25+,39-27+,40-29+,41-33+. The van der Waals surface area contributed by atoms with Crippen LogP contribution in [0, 0.1) is 6.92 Å². The lowest BCUT2D eigenvalue weighted by Crippen LogP contribution is -1.92. The minimum Gasteiger partial charge on any atom is -0.507 e. The lowest BCUT2D eigenvalue weighted by atomic mass is 9.95. The average Bonchev–Trinajstić information content (AvgIpc) is 3.07. The van der Waals surface area contributed by atoms with Crippen molar-refractivity contribution < 1.29 is 10.2 Å². The van der Waals surface area contributed by atoms with Crippen LogP contribution in [0.4, 0.5) is 0 Å². The predicted molar refractivity (Wildman–Crippen MR) is 218 cm³/mol. The van der Waals surface area contributed by atoms with E-state index in [4.69, 9.17) is 0 Å². The van der Waals surface area contributed by atoms with Crippen LogP contribution in [0.15, 0.2) is 106 Å². The zero-order valence-corrected chi connectivity index (χ0v) is 32.6. The van der Waals surface area contributed by atoms with E-state index in [-0.39, 0.29) is 11.5 Å². The monoisotopic (exact) mass is 665 g/mol. The van der Waals surface area contributed by atoms with Gasteiger partial charge in [-0.2, -0.15) is 0 Å². The normalized spacial score (nSPS) is 14.3. The fourth-order valence-electron chi connectivity index (χ4n) is 6.14. The Hall–Kier alpha value is -3.52. The molecule has 2 aromatic rings. The molecule has 0 spiro atoms. The topological polar surface area (TPSA) is 40.5 Å². The van der Waals surface area contributed by atoms with Crippen LogP contribution in [0.1, 0.15) is 150 Å². The summed E-state index contributed by atoms with van der Waals surface area (Å²) in [4.78, 5) is 0. The second-order valence-corrected chi connectivity index (χ2v) is 14.5. The molecule has 0 saturated heterocycles. The Morgan fingerprint density at radius 1 is 0.469 bits per heavy atom. The second kappa shape index (κ2) is 23.0. The van der Waals surface area contributed by atoms with Gasteiger partial charge in [0.05, 0.1) is 0 Å². The molecule has 2 heteroatoms. The molecular weight excluding hydrogens is 597 g/mol. The van der Waals surface area contributed by atoms with Gasteiger partial charge in [-0.05, 0) is 151 Å². The van der Waals surface area contributed by atoms with Crippen molar-refractivity contribution in [1.29, 1.82) is 0 Å². The van der Waals surface area contributed by atoms with Gasteiger partial charge in [0.15, 0.2) is 0 Å². The summed E-state index contributed by atoms with van der Waals surface area (Å²) in [6, 6.07) is 7.50. The number of aromatic hydroxyl groups is 2. The number of phenols is 2. The van der Waals surface area contributed by atoms with E-state index in [0.717, 1.165) is 75.3 Å². The smallest absolute Gasteiger partial charge is 0.127 e. The third-order valence-electron chi connectivity index (χ3n) is 9.93. The van der Waals surface area contributed by atoms with Gasteiger partial charge in [0.1, 0.15) is 11.5 Å². The summed E-state index contributed by atoms with van der Waals surface area (Å²) >= 11 is 0. The molecular formula is C47H68O2. The molecule has 0 aromatic heterocycles. The first-order valence-corrected chi connectivity index (χ1v) is 18.9. The van der Waals surface area contributed by atoms with Gasteiger partial charge >= 0.3 is 0 Å². The number of hydrogen-bond donors (Lipinski definition) is 2. The molecule has 2 N–H and O–H groups in total. The van der Waals surface area contributed by atoms with Gasteiger partial charge in [-0.3, -0.25) is 0 Å². The molecule has 2 rings (SSSR count).